The molecule has 7 heteroatoms. The first-order chi connectivity index (χ1) is 16.9. The normalized spacial score (nSPS) is 17.4. The number of halogens is 1. The van der Waals surface area contributed by atoms with Crippen LogP contribution in [0.4, 0.5) is 0 Å². The zero-order valence-electron chi connectivity index (χ0n) is 20.8. The summed E-state index contributed by atoms with van der Waals surface area (Å²) in [5, 5.41) is 11.7. The van der Waals surface area contributed by atoms with Gasteiger partial charge in [-0.25, -0.2) is 0 Å². The van der Waals surface area contributed by atoms with E-state index in [1.54, 1.807) is 29.2 Å². The Morgan fingerprint density at radius 1 is 1.06 bits per heavy atom. The highest BCUT2D eigenvalue weighted by Gasteiger charge is 2.45. The Hall–Kier alpha value is -2.83. The molecule has 3 rings (SSSR count). The lowest BCUT2D eigenvalue weighted by atomic mass is 9.95. The number of likely N-dealkylation sites (tertiary alicyclic amines) is 1. The molecule has 0 saturated carbocycles. The molecule has 0 aliphatic carbocycles. The van der Waals surface area contributed by atoms with Gasteiger partial charge in [0.05, 0.1) is 18.2 Å². The van der Waals surface area contributed by atoms with E-state index in [1.807, 2.05) is 24.3 Å². The largest absolute Gasteiger partial charge is 0.507 e. The van der Waals surface area contributed by atoms with Crippen LogP contribution in [0.2, 0.25) is 5.02 Å². The third-order valence-electron chi connectivity index (χ3n) is 6.37. The molecule has 6 nitrogen and oxygen atoms in total. The maximum absolute atomic E-state index is 13.2. The van der Waals surface area contributed by atoms with Crippen LogP contribution in [0.1, 0.15) is 57.2 Å². The molecule has 1 atom stereocenters. The average molecular weight is 499 g/mol. The van der Waals surface area contributed by atoms with E-state index >= 15 is 0 Å². The molecule has 0 aromatic heterocycles. The second-order valence-corrected chi connectivity index (χ2v) is 9.09. The molecule has 1 aliphatic rings. The summed E-state index contributed by atoms with van der Waals surface area (Å²) in [5.41, 5.74) is 1.26. The fourth-order valence-electron chi connectivity index (χ4n) is 4.33. The van der Waals surface area contributed by atoms with Crippen LogP contribution in [0.3, 0.4) is 0 Å². The molecule has 1 unspecified atom stereocenters. The number of rotatable bonds is 12. The highest BCUT2D eigenvalue weighted by molar-refractivity contribution is 6.46. The van der Waals surface area contributed by atoms with Gasteiger partial charge in [0, 0.05) is 17.1 Å². The van der Waals surface area contributed by atoms with E-state index in [1.165, 1.54) is 0 Å². The van der Waals surface area contributed by atoms with Gasteiger partial charge in [-0.1, -0.05) is 50.9 Å². The zero-order chi connectivity index (χ0) is 25.4. The number of nitrogens with zero attached hydrogens (tertiary/aromatic N) is 2. The number of hydrogen-bond donors (Lipinski definition) is 1. The molecule has 2 aromatic rings. The second kappa shape index (κ2) is 12.8. The minimum absolute atomic E-state index is 0.0888. The van der Waals surface area contributed by atoms with Crippen molar-refractivity contribution in [3.05, 3.63) is 70.3 Å². The van der Waals surface area contributed by atoms with E-state index < -0.39 is 17.7 Å². The molecule has 1 saturated heterocycles. The van der Waals surface area contributed by atoms with Crippen LogP contribution in [0.25, 0.3) is 5.76 Å². The minimum Gasteiger partial charge on any atom is -0.507 e. The van der Waals surface area contributed by atoms with Crippen molar-refractivity contribution >= 4 is 29.1 Å². The predicted molar refractivity (Wildman–Crippen MR) is 140 cm³/mol. The molecule has 35 heavy (non-hydrogen) atoms. The Bertz CT molecular complexity index is 1050. The van der Waals surface area contributed by atoms with Gasteiger partial charge in [-0.3, -0.25) is 9.59 Å². The van der Waals surface area contributed by atoms with Crippen molar-refractivity contribution in [2.24, 2.45) is 0 Å². The fourth-order valence-corrected chi connectivity index (χ4v) is 4.46. The van der Waals surface area contributed by atoms with Gasteiger partial charge in [-0.05, 0) is 74.4 Å². The zero-order valence-corrected chi connectivity index (χ0v) is 21.6. The Labute approximate surface area is 213 Å². The Kier molecular flexibility index (Phi) is 9.75. The van der Waals surface area contributed by atoms with Crippen LogP contribution in [0, 0.1) is 0 Å². The number of aliphatic hydroxyl groups is 1. The molecule has 1 N–H and O–H groups in total. The molecule has 0 radical (unpaired) electrons. The number of benzene rings is 2. The average Bonchev–Trinajstić information content (AvgIpc) is 3.12. The molecule has 0 bridgehead atoms. The summed E-state index contributed by atoms with van der Waals surface area (Å²) < 4.78 is 5.88. The summed E-state index contributed by atoms with van der Waals surface area (Å²) >= 11 is 6.01. The summed E-state index contributed by atoms with van der Waals surface area (Å²) in [7, 11) is 0. The standard InChI is InChI=1S/C28H35ClN2O4/c1-4-7-18-35-23-11-8-10-21(19-23)25-24(26(32)20-12-14-22(29)15-13-20)27(33)28(34)31(25)17-9-16-30(5-2)6-3/h8,10-15,19,25,32H,4-7,9,16-18H2,1-3H3/b26-24+. The van der Waals surface area contributed by atoms with Crippen LogP contribution in [-0.4, -0.2) is 59.4 Å². The smallest absolute Gasteiger partial charge is 0.295 e. The van der Waals surface area contributed by atoms with E-state index in [9.17, 15) is 14.7 Å². The SMILES string of the molecule is CCCCOc1cccc(C2/C(=C(\O)c3ccc(Cl)cc3)C(=O)C(=O)N2CCCN(CC)CC)c1. The van der Waals surface area contributed by atoms with E-state index in [0.717, 1.165) is 44.5 Å². The van der Waals surface area contributed by atoms with Crippen molar-refractivity contribution in [2.45, 2.75) is 46.1 Å². The van der Waals surface area contributed by atoms with Crippen LogP contribution in [0.15, 0.2) is 54.1 Å². The second-order valence-electron chi connectivity index (χ2n) is 8.65. The number of Topliss-reactive ketones (excluding diaryl/α,β-unsaturated/α-hetero) is 1. The first kappa shape index (κ1) is 26.8. The lowest BCUT2D eigenvalue weighted by Crippen LogP contribution is -2.33. The minimum atomic E-state index is -0.697. The number of amides is 1. The summed E-state index contributed by atoms with van der Waals surface area (Å²) in [6, 6.07) is 13.3. The molecule has 1 amide bonds. The van der Waals surface area contributed by atoms with Crippen molar-refractivity contribution in [2.75, 3.05) is 32.8 Å². The lowest BCUT2D eigenvalue weighted by Gasteiger charge is -2.27. The predicted octanol–water partition coefficient (Wildman–Crippen LogP) is 5.67. The van der Waals surface area contributed by atoms with Gasteiger partial charge in [0.15, 0.2) is 0 Å². The summed E-state index contributed by atoms with van der Waals surface area (Å²) in [5.74, 6) is -0.797. The quantitative estimate of drug-likeness (QED) is 0.177. The van der Waals surface area contributed by atoms with Gasteiger partial charge in [0.25, 0.3) is 11.7 Å². The van der Waals surface area contributed by atoms with Crippen molar-refractivity contribution in [1.29, 1.82) is 0 Å². The molecule has 1 heterocycles. The Morgan fingerprint density at radius 3 is 2.43 bits per heavy atom. The van der Waals surface area contributed by atoms with Crippen LogP contribution < -0.4 is 4.74 Å². The van der Waals surface area contributed by atoms with Gasteiger partial charge in [-0.2, -0.15) is 0 Å². The molecular formula is C28H35ClN2O4. The monoisotopic (exact) mass is 498 g/mol. The maximum atomic E-state index is 13.2. The highest BCUT2D eigenvalue weighted by Crippen LogP contribution is 2.40. The number of hydrogen-bond acceptors (Lipinski definition) is 5. The molecule has 2 aromatic carbocycles. The Balaban J connectivity index is 2.01. The molecule has 0 spiro atoms. The van der Waals surface area contributed by atoms with Crippen LogP contribution in [-0.2, 0) is 9.59 Å². The summed E-state index contributed by atoms with van der Waals surface area (Å²) in [6.45, 7) is 9.97. The highest BCUT2D eigenvalue weighted by atomic mass is 35.5. The van der Waals surface area contributed by atoms with Crippen molar-refractivity contribution < 1.29 is 19.4 Å². The van der Waals surface area contributed by atoms with Gasteiger partial charge in [-0.15, -0.1) is 0 Å². The van der Waals surface area contributed by atoms with Crippen molar-refractivity contribution in [3.8, 4) is 5.75 Å². The molecular weight excluding hydrogens is 464 g/mol. The van der Waals surface area contributed by atoms with Gasteiger partial charge >= 0.3 is 0 Å². The number of carbonyl (C=O) groups is 2. The van der Waals surface area contributed by atoms with E-state index in [4.69, 9.17) is 16.3 Å². The third kappa shape index (κ3) is 6.44. The maximum Gasteiger partial charge on any atom is 0.295 e. The van der Waals surface area contributed by atoms with E-state index in [-0.39, 0.29) is 11.3 Å². The number of ether oxygens (including phenoxy) is 1. The first-order valence-electron chi connectivity index (χ1n) is 12.4. The first-order valence-corrected chi connectivity index (χ1v) is 12.8. The number of carbonyl (C=O) groups excluding carboxylic acids is 2. The van der Waals surface area contributed by atoms with Gasteiger partial charge in [0.1, 0.15) is 11.5 Å². The third-order valence-corrected chi connectivity index (χ3v) is 6.62. The Morgan fingerprint density at radius 2 is 1.77 bits per heavy atom. The number of aliphatic hydroxyl groups excluding tert-OH is 1. The van der Waals surface area contributed by atoms with Crippen LogP contribution >= 0.6 is 11.6 Å². The number of ketones is 1. The van der Waals surface area contributed by atoms with Crippen molar-refractivity contribution in [1.82, 2.24) is 9.80 Å². The molecule has 188 valence electrons. The van der Waals surface area contributed by atoms with Gasteiger partial charge in [0.2, 0.25) is 0 Å². The van der Waals surface area contributed by atoms with Crippen LogP contribution in [0.5, 0.6) is 5.75 Å². The lowest BCUT2D eigenvalue weighted by molar-refractivity contribution is -0.140. The van der Waals surface area contributed by atoms with Crippen molar-refractivity contribution in [3.63, 3.8) is 0 Å². The molecule has 1 aliphatic heterocycles. The fraction of sp³-hybridized carbons (Fsp3) is 0.429. The number of unbranched alkanes of at least 4 members (excludes halogenated alkanes) is 1. The van der Waals surface area contributed by atoms with E-state index in [0.29, 0.717) is 29.5 Å². The summed E-state index contributed by atoms with van der Waals surface area (Å²) in [6.07, 6.45) is 2.68. The topological polar surface area (TPSA) is 70.1 Å². The molecule has 1 fully saturated rings. The van der Waals surface area contributed by atoms with E-state index in [2.05, 4.69) is 25.7 Å². The summed E-state index contributed by atoms with van der Waals surface area (Å²) in [4.78, 5) is 30.2. The van der Waals surface area contributed by atoms with Gasteiger partial charge < -0.3 is 19.6 Å².